The maximum Gasteiger partial charge on any atom is 0.326 e. The van der Waals surface area contributed by atoms with Crippen LogP contribution in [0.25, 0.3) is 10.9 Å². The Labute approximate surface area is 239 Å². The number of carbonyl (C=O) groups is 6. The van der Waals surface area contributed by atoms with Crippen LogP contribution in [0.4, 0.5) is 0 Å². The van der Waals surface area contributed by atoms with E-state index in [1.165, 1.54) is 0 Å². The van der Waals surface area contributed by atoms with Crippen molar-refractivity contribution in [3.63, 3.8) is 0 Å². The number of nitrogens with two attached hydrogens (primary N) is 2. The van der Waals surface area contributed by atoms with Gasteiger partial charge in [0.15, 0.2) is 0 Å². The van der Waals surface area contributed by atoms with Gasteiger partial charge in [0.1, 0.15) is 18.1 Å². The Balaban J connectivity index is 1.83. The summed E-state index contributed by atoms with van der Waals surface area (Å²) >= 11 is 0. The lowest BCUT2D eigenvalue weighted by molar-refractivity contribution is -0.144. The summed E-state index contributed by atoms with van der Waals surface area (Å²) < 4.78 is 0. The van der Waals surface area contributed by atoms with Crippen molar-refractivity contribution in [1.82, 2.24) is 20.9 Å². The zero-order chi connectivity index (χ0) is 30.8. The molecule has 2 aromatic carbocycles. The van der Waals surface area contributed by atoms with Crippen LogP contribution in [0.5, 0.6) is 0 Å². The van der Waals surface area contributed by atoms with Crippen LogP contribution in [0, 0.1) is 0 Å². The molecule has 14 nitrogen and oxygen atoms in total. The predicted molar refractivity (Wildman–Crippen MR) is 150 cm³/mol. The molecule has 0 fully saturated rings. The number of carboxylic acid groups (broad SMARTS) is 2. The molecule has 0 radical (unpaired) electrons. The van der Waals surface area contributed by atoms with Crippen molar-refractivity contribution in [3.05, 3.63) is 71.9 Å². The number of amides is 4. The second kappa shape index (κ2) is 14.4. The van der Waals surface area contributed by atoms with Crippen LogP contribution in [0.15, 0.2) is 60.8 Å². The smallest absolute Gasteiger partial charge is 0.326 e. The summed E-state index contributed by atoms with van der Waals surface area (Å²) in [7, 11) is 0. The summed E-state index contributed by atoms with van der Waals surface area (Å²) in [6.45, 7) is 0. The first-order chi connectivity index (χ1) is 19.9. The van der Waals surface area contributed by atoms with Crippen molar-refractivity contribution in [2.45, 2.75) is 49.9 Å². The molecular weight excluding hydrogens is 548 g/mol. The average Bonchev–Trinajstić information content (AvgIpc) is 3.34. The highest BCUT2D eigenvalue weighted by Gasteiger charge is 2.32. The van der Waals surface area contributed by atoms with Crippen molar-refractivity contribution >= 4 is 46.5 Å². The summed E-state index contributed by atoms with van der Waals surface area (Å²) in [4.78, 5) is 76.8. The number of fused-ring (bicyclic) bond motifs is 1. The molecule has 0 aliphatic heterocycles. The van der Waals surface area contributed by atoms with Gasteiger partial charge in [-0.25, -0.2) is 4.79 Å². The quantitative estimate of drug-likeness (QED) is 0.112. The maximum absolute atomic E-state index is 13.3. The van der Waals surface area contributed by atoms with E-state index in [4.69, 9.17) is 11.5 Å². The van der Waals surface area contributed by atoms with Gasteiger partial charge in [0, 0.05) is 23.5 Å². The largest absolute Gasteiger partial charge is 0.481 e. The lowest BCUT2D eigenvalue weighted by atomic mass is 10.0. The number of aromatic amines is 1. The topological polar surface area (TPSA) is 247 Å². The number of nitrogens with one attached hydrogen (secondary N) is 4. The van der Waals surface area contributed by atoms with Gasteiger partial charge in [0.2, 0.25) is 23.6 Å². The number of rotatable bonds is 15. The molecule has 0 saturated carbocycles. The molecule has 222 valence electrons. The van der Waals surface area contributed by atoms with Gasteiger partial charge >= 0.3 is 11.9 Å². The summed E-state index contributed by atoms with van der Waals surface area (Å²) in [6, 6.07) is 10.1. The molecule has 10 N–H and O–H groups in total. The molecule has 3 rings (SSSR count). The van der Waals surface area contributed by atoms with E-state index in [9.17, 15) is 39.0 Å². The SMILES string of the molecule is NC(=O)CC(NC(=O)C(Cc1c[nH]c2ccccc12)NC(=O)C(CC(=O)O)NC(=O)C(N)Cc1ccccc1)C(=O)O. The van der Waals surface area contributed by atoms with Crippen molar-refractivity contribution < 1.29 is 39.0 Å². The summed E-state index contributed by atoms with van der Waals surface area (Å²) in [5.41, 5.74) is 13.2. The van der Waals surface area contributed by atoms with E-state index in [1.54, 1.807) is 60.8 Å². The van der Waals surface area contributed by atoms with Crippen LogP contribution in [-0.2, 0) is 41.6 Å². The van der Waals surface area contributed by atoms with Gasteiger partial charge in [-0.3, -0.25) is 24.0 Å². The Morgan fingerprint density at radius 2 is 1.33 bits per heavy atom. The molecule has 0 aliphatic rings. The van der Waals surface area contributed by atoms with E-state index in [0.717, 1.165) is 16.5 Å². The highest BCUT2D eigenvalue weighted by molar-refractivity contribution is 5.96. The number of aliphatic carboxylic acids is 2. The van der Waals surface area contributed by atoms with E-state index in [-0.39, 0.29) is 12.8 Å². The Morgan fingerprint density at radius 3 is 1.98 bits per heavy atom. The first-order valence-electron chi connectivity index (χ1n) is 12.9. The lowest BCUT2D eigenvalue weighted by Gasteiger charge is -2.24. The van der Waals surface area contributed by atoms with E-state index in [1.807, 2.05) is 0 Å². The molecule has 4 atom stereocenters. The number of carbonyl (C=O) groups excluding carboxylic acids is 4. The minimum atomic E-state index is -1.68. The number of hydrogen-bond acceptors (Lipinski definition) is 7. The van der Waals surface area contributed by atoms with Gasteiger partial charge < -0.3 is 42.6 Å². The molecule has 0 aliphatic carbocycles. The number of hydrogen-bond donors (Lipinski definition) is 8. The number of aromatic nitrogens is 1. The fourth-order valence-corrected chi connectivity index (χ4v) is 4.30. The highest BCUT2D eigenvalue weighted by atomic mass is 16.4. The minimum Gasteiger partial charge on any atom is -0.481 e. The van der Waals surface area contributed by atoms with Crippen LogP contribution >= 0.6 is 0 Å². The minimum absolute atomic E-state index is 0.121. The number of carboxylic acids is 2. The molecule has 1 heterocycles. The second-order valence-corrected chi connectivity index (χ2v) is 9.65. The summed E-state index contributed by atoms with van der Waals surface area (Å²) in [5.74, 6) is -6.68. The summed E-state index contributed by atoms with van der Waals surface area (Å²) in [5, 5.41) is 26.5. The molecule has 42 heavy (non-hydrogen) atoms. The van der Waals surface area contributed by atoms with Crippen molar-refractivity contribution in [1.29, 1.82) is 0 Å². The summed E-state index contributed by atoms with van der Waals surface area (Å²) in [6.07, 6.45) is 0.0540. The second-order valence-electron chi connectivity index (χ2n) is 9.65. The Morgan fingerprint density at radius 1 is 0.738 bits per heavy atom. The van der Waals surface area contributed by atoms with Crippen molar-refractivity contribution in [3.8, 4) is 0 Å². The van der Waals surface area contributed by atoms with E-state index in [2.05, 4.69) is 20.9 Å². The molecule has 0 spiro atoms. The van der Waals surface area contributed by atoms with E-state index >= 15 is 0 Å². The van der Waals surface area contributed by atoms with E-state index in [0.29, 0.717) is 5.56 Å². The van der Waals surface area contributed by atoms with E-state index < -0.39 is 72.6 Å². The van der Waals surface area contributed by atoms with Crippen LogP contribution in [0.2, 0.25) is 0 Å². The average molecular weight is 581 g/mol. The molecule has 4 amide bonds. The van der Waals surface area contributed by atoms with Gasteiger partial charge in [-0.05, 0) is 23.6 Å². The van der Waals surface area contributed by atoms with Crippen LogP contribution in [-0.4, -0.2) is 74.9 Å². The van der Waals surface area contributed by atoms with Gasteiger partial charge in [-0.2, -0.15) is 0 Å². The number of para-hydroxylation sites is 1. The fraction of sp³-hybridized carbons (Fsp3) is 0.286. The van der Waals surface area contributed by atoms with Crippen LogP contribution < -0.4 is 27.4 Å². The number of benzene rings is 2. The molecule has 0 bridgehead atoms. The Bertz CT molecular complexity index is 1460. The first-order valence-corrected chi connectivity index (χ1v) is 12.9. The zero-order valence-electron chi connectivity index (χ0n) is 22.4. The van der Waals surface area contributed by atoms with Gasteiger partial charge in [0.25, 0.3) is 0 Å². The van der Waals surface area contributed by atoms with Crippen molar-refractivity contribution in [2.24, 2.45) is 11.5 Å². The maximum atomic E-state index is 13.3. The molecular formula is C28H32N6O8. The molecule has 14 heteroatoms. The van der Waals surface area contributed by atoms with Crippen LogP contribution in [0.1, 0.15) is 24.0 Å². The highest BCUT2D eigenvalue weighted by Crippen LogP contribution is 2.19. The molecule has 1 aromatic heterocycles. The van der Waals surface area contributed by atoms with Gasteiger partial charge in [-0.1, -0.05) is 48.5 Å². The Hall–Kier alpha value is -5.24. The molecule has 3 aromatic rings. The normalized spacial score (nSPS) is 13.7. The van der Waals surface area contributed by atoms with Gasteiger partial charge in [0.05, 0.1) is 18.9 Å². The third-order valence-corrected chi connectivity index (χ3v) is 6.40. The van der Waals surface area contributed by atoms with Gasteiger partial charge in [-0.15, -0.1) is 0 Å². The van der Waals surface area contributed by atoms with Crippen LogP contribution in [0.3, 0.4) is 0 Å². The standard InChI is InChI=1S/C28H32N6O8/c29-18(10-15-6-2-1-3-7-15)25(38)32-21(13-24(36)37)27(40)33-20(26(39)34-22(28(41)42)12-23(30)35)11-16-14-31-19-9-5-4-8-17(16)19/h1-9,14,18,20-22,31H,10-13,29H2,(H2,30,35)(H,32,38)(H,33,40)(H,34,39)(H,36,37)(H,41,42). The third-order valence-electron chi connectivity index (χ3n) is 6.40. The zero-order valence-corrected chi connectivity index (χ0v) is 22.4. The number of primary amides is 1. The monoisotopic (exact) mass is 580 g/mol. The Kier molecular flexibility index (Phi) is 10.7. The van der Waals surface area contributed by atoms with Crippen molar-refractivity contribution in [2.75, 3.05) is 0 Å². The third kappa shape index (κ3) is 8.89. The lowest BCUT2D eigenvalue weighted by Crippen LogP contribution is -2.58. The molecule has 0 saturated heterocycles. The fourth-order valence-electron chi connectivity index (χ4n) is 4.30. The first kappa shape index (κ1) is 31.3. The predicted octanol–water partition coefficient (Wildman–Crippen LogP) is -0.830. The number of H-pyrrole nitrogens is 1. The molecule has 4 unspecified atom stereocenters.